The molecule has 0 aliphatic carbocycles. The van der Waals surface area contributed by atoms with E-state index in [1.54, 1.807) is 23.5 Å². The predicted molar refractivity (Wildman–Crippen MR) is 48.4 cm³/mol. The van der Waals surface area contributed by atoms with Crippen LogP contribution in [0.4, 0.5) is 0 Å². The molecular formula is C6H5I2N5. The summed E-state index contributed by atoms with van der Waals surface area (Å²) in [5.41, 5.74) is 0. The van der Waals surface area contributed by atoms with Crippen LogP contribution in [0.2, 0.25) is 0 Å². The van der Waals surface area contributed by atoms with Crippen LogP contribution in [0.5, 0.6) is 0 Å². The molecule has 0 aliphatic heterocycles. The van der Waals surface area contributed by atoms with E-state index in [2.05, 4.69) is 42.6 Å². The van der Waals surface area contributed by atoms with E-state index in [0.29, 0.717) is 0 Å². The summed E-state index contributed by atoms with van der Waals surface area (Å²) in [6, 6.07) is 0. The van der Waals surface area contributed by atoms with Gasteiger partial charge in [0.1, 0.15) is 6.33 Å². The lowest BCUT2D eigenvalue weighted by atomic mass is 10.6. The van der Waals surface area contributed by atoms with E-state index in [4.69, 9.17) is 0 Å². The molecule has 0 bridgehead atoms. The van der Waals surface area contributed by atoms with E-state index in [1.165, 1.54) is 6.33 Å². The Morgan fingerprint density at radius 2 is 2.23 bits per heavy atom. The minimum atomic E-state index is 0. The predicted octanol–water partition coefficient (Wildman–Crippen LogP) is -2.91. The fourth-order valence-electron chi connectivity index (χ4n) is 0.828. The zero-order valence-electron chi connectivity index (χ0n) is 6.35. The summed E-state index contributed by atoms with van der Waals surface area (Å²) >= 11 is 2.17. The number of rotatable bonds is 1. The van der Waals surface area contributed by atoms with Crippen molar-refractivity contribution in [3.63, 3.8) is 0 Å². The van der Waals surface area contributed by atoms with Crippen molar-refractivity contribution in [2.75, 3.05) is 0 Å². The maximum atomic E-state index is 4.09. The smallest absolute Gasteiger partial charge is 0.304 e. The van der Waals surface area contributed by atoms with Crippen molar-refractivity contribution >= 4 is 22.6 Å². The molecule has 2 rings (SSSR count). The molecule has 5 nitrogen and oxygen atoms in total. The summed E-state index contributed by atoms with van der Waals surface area (Å²) in [4.78, 5) is 11.9. The monoisotopic (exact) mass is 401 g/mol. The molecule has 2 heterocycles. The molecule has 0 saturated heterocycles. The average molecular weight is 401 g/mol. The molecule has 0 aromatic carbocycles. The highest BCUT2D eigenvalue weighted by Gasteiger charge is 2.05. The van der Waals surface area contributed by atoms with Crippen LogP contribution < -0.4 is 29.1 Å². The van der Waals surface area contributed by atoms with Crippen LogP contribution >= 0.6 is 22.6 Å². The number of halogens is 2. The van der Waals surface area contributed by atoms with Gasteiger partial charge >= 0.3 is 6.33 Å². The molecule has 0 spiro atoms. The van der Waals surface area contributed by atoms with Gasteiger partial charge in [0.15, 0.2) is 5.82 Å². The molecule has 7 heteroatoms. The van der Waals surface area contributed by atoms with Crippen molar-refractivity contribution in [3.8, 4) is 5.82 Å². The van der Waals surface area contributed by atoms with Gasteiger partial charge < -0.3 is 24.0 Å². The summed E-state index contributed by atoms with van der Waals surface area (Å²) in [5.74, 6) is 0.808. The fraction of sp³-hybridized carbons (Fsp3) is 0. The van der Waals surface area contributed by atoms with Gasteiger partial charge in [-0.05, 0) is 27.6 Å². The Kier molecular flexibility index (Phi) is 3.96. The Bertz CT molecular complexity index is 374. The average Bonchev–Trinajstić information content (AvgIpc) is 2.57. The summed E-state index contributed by atoms with van der Waals surface area (Å²) in [5, 5.41) is 2.90. The molecule has 0 atom stereocenters. The number of nitrogens with zero attached hydrogens (tertiary/aromatic N) is 4. The first kappa shape index (κ1) is 10.8. The molecule has 2 aromatic rings. The molecule has 1 N–H and O–H groups in total. The Balaban J connectivity index is 0.000000845. The van der Waals surface area contributed by atoms with Crippen LogP contribution in [0.1, 0.15) is 0 Å². The minimum Gasteiger partial charge on any atom is -1.00 e. The van der Waals surface area contributed by atoms with Crippen LogP contribution in [0.15, 0.2) is 25.2 Å². The van der Waals surface area contributed by atoms with Crippen molar-refractivity contribution in [2.24, 2.45) is 0 Å². The van der Waals surface area contributed by atoms with Gasteiger partial charge in [-0.2, -0.15) is 5.10 Å². The first-order valence-electron chi connectivity index (χ1n) is 3.24. The lowest BCUT2D eigenvalue weighted by molar-refractivity contribution is -0.476. The normalized spacial score (nSPS) is 9.31. The zero-order valence-corrected chi connectivity index (χ0v) is 10.7. The lowest BCUT2D eigenvalue weighted by Gasteiger charge is -1.96. The molecule has 0 saturated carbocycles. The highest BCUT2D eigenvalue weighted by Crippen LogP contribution is 2.08. The maximum absolute atomic E-state index is 4.09. The van der Waals surface area contributed by atoms with Crippen LogP contribution in [0.3, 0.4) is 0 Å². The van der Waals surface area contributed by atoms with Crippen molar-refractivity contribution in [1.82, 2.24) is 19.6 Å². The number of H-pyrrole nitrogens is 1. The number of aromatic nitrogens is 5. The van der Waals surface area contributed by atoms with Crippen LogP contribution in [-0.2, 0) is 0 Å². The van der Waals surface area contributed by atoms with Crippen LogP contribution in [-0.4, -0.2) is 19.6 Å². The quantitative estimate of drug-likeness (QED) is 0.482. The minimum absolute atomic E-state index is 0. The van der Waals surface area contributed by atoms with Gasteiger partial charge in [0, 0.05) is 6.20 Å². The third-order valence-corrected chi connectivity index (χ3v) is 2.09. The van der Waals surface area contributed by atoms with E-state index in [-0.39, 0.29) is 24.0 Å². The summed E-state index contributed by atoms with van der Waals surface area (Å²) in [6.45, 7) is 0. The van der Waals surface area contributed by atoms with Gasteiger partial charge in [0.2, 0.25) is 6.33 Å². The number of aromatic amines is 1. The Morgan fingerprint density at radius 1 is 1.38 bits per heavy atom. The molecular weight excluding hydrogens is 396 g/mol. The van der Waals surface area contributed by atoms with Gasteiger partial charge in [0.05, 0.1) is 3.57 Å². The Morgan fingerprint density at radius 3 is 2.85 bits per heavy atom. The van der Waals surface area contributed by atoms with Gasteiger partial charge in [-0.1, -0.05) is 0 Å². The maximum Gasteiger partial charge on any atom is 0.304 e. The first-order chi connectivity index (χ1) is 5.88. The van der Waals surface area contributed by atoms with Gasteiger partial charge in [0.25, 0.3) is 0 Å². The SMILES string of the molecule is Ic1cncnc1-n1cnc[nH+]1.[I-]. The second-order valence-corrected chi connectivity index (χ2v) is 3.25. The molecule has 0 radical (unpaired) electrons. The molecule has 0 aliphatic rings. The molecule has 2 aromatic heterocycles. The first-order valence-corrected chi connectivity index (χ1v) is 4.32. The highest BCUT2D eigenvalue weighted by atomic mass is 127. The summed E-state index contributed by atoms with van der Waals surface area (Å²) in [7, 11) is 0. The van der Waals surface area contributed by atoms with E-state index >= 15 is 0 Å². The third-order valence-electron chi connectivity index (χ3n) is 1.33. The fourth-order valence-corrected chi connectivity index (χ4v) is 1.39. The number of hydrogen-bond donors (Lipinski definition) is 0. The van der Waals surface area contributed by atoms with Crippen LogP contribution in [0.25, 0.3) is 5.82 Å². The van der Waals surface area contributed by atoms with Crippen molar-refractivity contribution < 1.29 is 29.1 Å². The summed E-state index contributed by atoms with van der Waals surface area (Å²) < 4.78 is 2.70. The van der Waals surface area contributed by atoms with E-state index < -0.39 is 0 Å². The molecule has 68 valence electrons. The number of nitrogens with one attached hydrogen (secondary N) is 1. The standard InChI is InChI=1S/C6H4IN5.HI/c7-5-1-8-2-10-6(5)12-4-9-3-11-12;/h1-4H;1H. The topological polar surface area (TPSA) is 57.7 Å². The second kappa shape index (κ2) is 4.79. The molecule has 0 fully saturated rings. The summed E-state index contributed by atoms with van der Waals surface area (Å²) in [6.07, 6.45) is 6.50. The van der Waals surface area contributed by atoms with Gasteiger partial charge in [-0.25, -0.2) is 9.97 Å². The molecule has 13 heavy (non-hydrogen) atoms. The Hall–Kier alpha value is -0.320. The molecule has 0 unspecified atom stereocenters. The van der Waals surface area contributed by atoms with E-state index in [9.17, 15) is 0 Å². The highest BCUT2D eigenvalue weighted by molar-refractivity contribution is 14.1. The van der Waals surface area contributed by atoms with Gasteiger partial charge in [-0.3, -0.25) is 0 Å². The largest absolute Gasteiger partial charge is 1.00 e. The van der Waals surface area contributed by atoms with E-state index in [1.807, 2.05) is 0 Å². The van der Waals surface area contributed by atoms with E-state index in [0.717, 1.165) is 9.39 Å². The lowest BCUT2D eigenvalue weighted by Crippen LogP contribution is -3.00. The Labute approximate surface area is 105 Å². The van der Waals surface area contributed by atoms with Crippen LogP contribution in [0, 0.1) is 3.57 Å². The van der Waals surface area contributed by atoms with Crippen molar-refractivity contribution in [3.05, 3.63) is 28.7 Å². The molecule has 0 amide bonds. The van der Waals surface area contributed by atoms with Crippen molar-refractivity contribution in [2.45, 2.75) is 0 Å². The second-order valence-electron chi connectivity index (χ2n) is 2.09. The third kappa shape index (κ3) is 2.33. The van der Waals surface area contributed by atoms with Gasteiger partial charge in [-0.15, -0.1) is 4.68 Å². The zero-order chi connectivity index (χ0) is 8.39. The van der Waals surface area contributed by atoms with Crippen molar-refractivity contribution in [1.29, 1.82) is 0 Å². The number of hydrogen-bond acceptors (Lipinski definition) is 3.